The number of aryl methyl sites for hydroxylation is 1. The van der Waals surface area contributed by atoms with Gasteiger partial charge in [-0.3, -0.25) is 4.79 Å². The van der Waals surface area contributed by atoms with Crippen LogP contribution in [0.4, 0.5) is 0 Å². The molecule has 1 aromatic carbocycles. The van der Waals surface area contributed by atoms with Gasteiger partial charge in [-0.2, -0.15) is 0 Å². The van der Waals surface area contributed by atoms with Crippen LogP contribution >= 0.6 is 0 Å². The molecule has 0 aliphatic carbocycles. The lowest BCUT2D eigenvalue weighted by Gasteiger charge is -1.97. The molecule has 0 bridgehead atoms. The van der Waals surface area contributed by atoms with Gasteiger partial charge < -0.3 is 5.32 Å². The Bertz CT molecular complexity index is 407. The van der Waals surface area contributed by atoms with Crippen LogP contribution in [-0.4, -0.2) is 12.5 Å². The predicted molar refractivity (Wildman–Crippen MR) is 81.0 cm³/mol. The van der Waals surface area contributed by atoms with Crippen molar-refractivity contribution in [2.24, 2.45) is 0 Å². The summed E-state index contributed by atoms with van der Waals surface area (Å²) in [6.45, 7) is 2.78. The van der Waals surface area contributed by atoms with E-state index in [1.54, 1.807) is 12.2 Å². The monoisotopic (exact) mass is 257 g/mol. The second-order valence-corrected chi connectivity index (χ2v) is 4.46. The average Bonchev–Trinajstić information content (AvgIpc) is 2.45. The van der Waals surface area contributed by atoms with Crippen molar-refractivity contribution in [3.63, 3.8) is 0 Å². The Morgan fingerprint density at radius 1 is 1.21 bits per heavy atom. The van der Waals surface area contributed by atoms with E-state index in [9.17, 15) is 4.79 Å². The van der Waals surface area contributed by atoms with Crippen molar-refractivity contribution in [3.8, 4) is 0 Å². The number of hydrogen-bond donors (Lipinski definition) is 1. The largest absolute Gasteiger partial charge is 0.353 e. The smallest absolute Gasteiger partial charge is 0.243 e. The minimum absolute atomic E-state index is 0.0178. The fraction of sp³-hybridized carbons (Fsp3) is 0.353. The molecule has 0 saturated heterocycles. The number of allylic oxidation sites excluding steroid dienone is 3. The van der Waals surface area contributed by atoms with Crippen LogP contribution in [0.25, 0.3) is 0 Å². The molecule has 0 saturated carbocycles. The van der Waals surface area contributed by atoms with Gasteiger partial charge in [0.15, 0.2) is 0 Å². The summed E-state index contributed by atoms with van der Waals surface area (Å²) in [7, 11) is 0. The number of hydrogen-bond acceptors (Lipinski definition) is 1. The summed E-state index contributed by atoms with van der Waals surface area (Å²) in [5.74, 6) is -0.0178. The van der Waals surface area contributed by atoms with Gasteiger partial charge in [0.05, 0.1) is 0 Å². The fourth-order valence-corrected chi connectivity index (χ4v) is 1.69. The van der Waals surface area contributed by atoms with Crippen LogP contribution in [0.1, 0.15) is 31.7 Å². The Hall–Kier alpha value is -1.83. The van der Waals surface area contributed by atoms with E-state index in [4.69, 9.17) is 0 Å². The van der Waals surface area contributed by atoms with E-state index < -0.39 is 0 Å². The normalized spacial score (nSPS) is 11.2. The lowest BCUT2D eigenvalue weighted by molar-refractivity contribution is -0.116. The van der Waals surface area contributed by atoms with Crippen LogP contribution in [0.3, 0.4) is 0 Å². The number of amides is 1. The van der Waals surface area contributed by atoms with E-state index in [1.165, 1.54) is 5.56 Å². The number of unbranched alkanes of at least 4 members (excludes halogenated alkanes) is 1. The number of carbonyl (C=O) groups is 1. The Morgan fingerprint density at radius 2 is 2.00 bits per heavy atom. The summed E-state index contributed by atoms with van der Waals surface area (Å²) in [5.41, 5.74) is 1.38. The number of nitrogens with one attached hydrogen (secondary N) is 1. The van der Waals surface area contributed by atoms with Gasteiger partial charge in [-0.05, 0) is 31.2 Å². The van der Waals surface area contributed by atoms with Gasteiger partial charge in [-0.25, -0.2) is 0 Å². The van der Waals surface area contributed by atoms with Crippen molar-refractivity contribution >= 4 is 5.91 Å². The highest BCUT2D eigenvalue weighted by Gasteiger charge is 1.90. The maximum absolute atomic E-state index is 11.2. The van der Waals surface area contributed by atoms with Gasteiger partial charge in [-0.15, -0.1) is 0 Å². The average molecular weight is 257 g/mol. The topological polar surface area (TPSA) is 29.1 Å². The molecule has 0 aliphatic heterocycles. The zero-order chi connectivity index (χ0) is 13.8. The second-order valence-electron chi connectivity index (χ2n) is 4.46. The highest BCUT2D eigenvalue weighted by atomic mass is 16.1. The molecule has 1 aromatic rings. The fourth-order valence-electron chi connectivity index (χ4n) is 1.69. The molecule has 0 heterocycles. The molecule has 1 amide bonds. The summed E-state index contributed by atoms with van der Waals surface area (Å²) >= 11 is 0. The van der Waals surface area contributed by atoms with Crippen LogP contribution < -0.4 is 5.32 Å². The van der Waals surface area contributed by atoms with Gasteiger partial charge in [0.25, 0.3) is 0 Å². The van der Waals surface area contributed by atoms with E-state index in [-0.39, 0.29) is 5.91 Å². The van der Waals surface area contributed by atoms with E-state index in [2.05, 4.69) is 35.7 Å². The first kappa shape index (κ1) is 15.2. The molecule has 0 radical (unpaired) electrons. The van der Waals surface area contributed by atoms with Crippen molar-refractivity contribution in [3.05, 3.63) is 60.2 Å². The molecular weight excluding hydrogens is 234 g/mol. The number of benzene rings is 1. The van der Waals surface area contributed by atoms with Crippen molar-refractivity contribution in [2.45, 2.75) is 32.6 Å². The summed E-state index contributed by atoms with van der Waals surface area (Å²) < 4.78 is 0. The van der Waals surface area contributed by atoms with Gasteiger partial charge in [0.2, 0.25) is 5.91 Å². The molecule has 0 spiro atoms. The Morgan fingerprint density at radius 3 is 2.74 bits per heavy atom. The SMILES string of the molecule is CCCNC(=O)/C=C/C=C/CCCc1ccccc1. The van der Waals surface area contributed by atoms with Crippen molar-refractivity contribution in [1.82, 2.24) is 5.32 Å². The zero-order valence-corrected chi connectivity index (χ0v) is 11.6. The van der Waals surface area contributed by atoms with Crippen LogP contribution in [0.2, 0.25) is 0 Å². The van der Waals surface area contributed by atoms with Gasteiger partial charge in [-0.1, -0.05) is 55.5 Å². The third-order valence-electron chi connectivity index (χ3n) is 2.72. The molecule has 0 fully saturated rings. The van der Waals surface area contributed by atoms with E-state index in [0.29, 0.717) is 0 Å². The molecule has 2 heteroatoms. The highest BCUT2D eigenvalue weighted by Crippen LogP contribution is 2.04. The lowest BCUT2D eigenvalue weighted by Crippen LogP contribution is -2.21. The van der Waals surface area contributed by atoms with Crippen LogP contribution in [0.15, 0.2) is 54.6 Å². The number of carbonyl (C=O) groups excluding carboxylic acids is 1. The minimum atomic E-state index is -0.0178. The van der Waals surface area contributed by atoms with Crippen LogP contribution in [0.5, 0.6) is 0 Å². The summed E-state index contributed by atoms with van der Waals surface area (Å²) in [6, 6.07) is 10.5. The predicted octanol–water partition coefficient (Wildman–Crippen LogP) is 3.65. The van der Waals surface area contributed by atoms with E-state index >= 15 is 0 Å². The maximum Gasteiger partial charge on any atom is 0.243 e. The molecule has 0 atom stereocenters. The molecular formula is C17H23NO. The van der Waals surface area contributed by atoms with E-state index in [1.807, 2.05) is 19.1 Å². The zero-order valence-electron chi connectivity index (χ0n) is 11.6. The molecule has 0 aromatic heterocycles. The maximum atomic E-state index is 11.2. The van der Waals surface area contributed by atoms with Gasteiger partial charge >= 0.3 is 0 Å². The van der Waals surface area contributed by atoms with Crippen LogP contribution in [-0.2, 0) is 11.2 Å². The summed E-state index contributed by atoms with van der Waals surface area (Å²) in [6.07, 6.45) is 11.7. The van der Waals surface area contributed by atoms with Crippen molar-refractivity contribution in [2.75, 3.05) is 6.54 Å². The third-order valence-corrected chi connectivity index (χ3v) is 2.72. The molecule has 1 rings (SSSR count). The molecule has 19 heavy (non-hydrogen) atoms. The second kappa shape index (κ2) is 10.1. The Kier molecular flexibility index (Phi) is 8.12. The molecule has 102 valence electrons. The standard InChI is InChI=1S/C17H23NO/c1-2-15-18-17(19)14-10-5-3-4-7-11-16-12-8-6-9-13-16/h3,5-6,8-10,12-14H,2,4,7,11,15H2,1H3,(H,18,19)/b5-3+,14-10+. The van der Waals surface area contributed by atoms with E-state index in [0.717, 1.165) is 32.2 Å². The minimum Gasteiger partial charge on any atom is -0.353 e. The first-order valence-electron chi connectivity index (χ1n) is 6.98. The Labute approximate surface area is 116 Å². The highest BCUT2D eigenvalue weighted by molar-refractivity contribution is 5.87. The molecule has 2 nitrogen and oxygen atoms in total. The van der Waals surface area contributed by atoms with Crippen LogP contribution in [0, 0.1) is 0 Å². The van der Waals surface area contributed by atoms with Gasteiger partial charge in [0, 0.05) is 12.6 Å². The molecule has 0 unspecified atom stereocenters. The van der Waals surface area contributed by atoms with Crippen molar-refractivity contribution < 1.29 is 4.79 Å². The lowest BCUT2D eigenvalue weighted by atomic mass is 10.1. The molecule has 1 N–H and O–H groups in total. The number of rotatable bonds is 8. The quantitative estimate of drug-likeness (QED) is 0.430. The first-order chi connectivity index (χ1) is 9.33. The summed E-state index contributed by atoms with van der Waals surface area (Å²) in [5, 5.41) is 2.80. The summed E-state index contributed by atoms with van der Waals surface area (Å²) in [4.78, 5) is 11.2. The third kappa shape index (κ3) is 7.98. The van der Waals surface area contributed by atoms with Crippen molar-refractivity contribution in [1.29, 1.82) is 0 Å². The Balaban J connectivity index is 2.10. The first-order valence-corrected chi connectivity index (χ1v) is 6.98. The molecule has 0 aliphatic rings. The van der Waals surface area contributed by atoms with Gasteiger partial charge in [0.1, 0.15) is 0 Å².